The third-order valence-corrected chi connectivity index (χ3v) is 3.97. The molecule has 0 saturated carbocycles. The Morgan fingerprint density at radius 1 is 1.56 bits per heavy atom. The van der Waals surface area contributed by atoms with Crippen molar-refractivity contribution < 1.29 is 4.79 Å². The van der Waals surface area contributed by atoms with Crippen LogP contribution in [0.4, 0.5) is 0 Å². The van der Waals surface area contributed by atoms with Crippen LogP contribution in [0, 0.1) is 0 Å². The zero-order valence-corrected chi connectivity index (χ0v) is 11.9. The topological polar surface area (TPSA) is 66.9 Å². The van der Waals surface area contributed by atoms with E-state index in [0.29, 0.717) is 10.9 Å². The van der Waals surface area contributed by atoms with Crippen LogP contribution in [-0.4, -0.2) is 34.1 Å². The Hall–Kier alpha value is -1.01. The van der Waals surface area contributed by atoms with Crippen LogP contribution < -0.4 is 10.6 Å². The normalized spacial score (nSPS) is 24.2. The average Bonchev–Trinajstić information content (AvgIpc) is 2.77. The molecule has 0 spiro atoms. The minimum atomic E-state index is -0.0206. The van der Waals surface area contributed by atoms with Crippen LogP contribution >= 0.6 is 11.5 Å². The van der Waals surface area contributed by atoms with Gasteiger partial charge in [-0.25, -0.2) is 0 Å². The third kappa shape index (κ3) is 3.05. The number of nitrogens with zero attached hydrogens (tertiary/aromatic N) is 2. The Labute approximate surface area is 112 Å². The molecule has 6 heteroatoms. The predicted molar refractivity (Wildman–Crippen MR) is 72.0 cm³/mol. The van der Waals surface area contributed by atoms with Crippen molar-refractivity contribution in [1.29, 1.82) is 0 Å². The van der Waals surface area contributed by atoms with Crippen LogP contribution in [0.1, 0.15) is 54.9 Å². The van der Waals surface area contributed by atoms with Gasteiger partial charge in [-0.05, 0) is 43.8 Å². The number of carbonyl (C=O) groups is 1. The van der Waals surface area contributed by atoms with Crippen molar-refractivity contribution in [3.05, 3.63) is 10.6 Å². The van der Waals surface area contributed by atoms with E-state index in [1.165, 1.54) is 11.5 Å². The maximum Gasteiger partial charge on any atom is 0.265 e. The molecule has 2 N–H and O–H groups in total. The number of piperidine rings is 1. The van der Waals surface area contributed by atoms with Gasteiger partial charge in [0.25, 0.3) is 5.91 Å². The maximum absolute atomic E-state index is 12.2. The first kappa shape index (κ1) is 13.4. The number of hydrogen-bond donors (Lipinski definition) is 2. The second-order valence-corrected chi connectivity index (χ2v) is 5.95. The lowest BCUT2D eigenvalue weighted by Crippen LogP contribution is -2.46. The van der Waals surface area contributed by atoms with E-state index in [9.17, 15) is 4.79 Å². The molecule has 18 heavy (non-hydrogen) atoms. The second-order valence-electron chi connectivity index (χ2n) is 5.19. The van der Waals surface area contributed by atoms with E-state index >= 15 is 0 Å². The third-order valence-electron chi connectivity index (χ3n) is 3.23. The molecule has 2 heterocycles. The smallest absolute Gasteiger partial charge is 0.265 e. The van der Waals surface area contributed by atoms with Crippen LogP contribution in [0.25, 0.3) is 0 Å². The summed E-state index contributed by atoms with van der Waals surface area (Å²) in [6.07, 6.45) is 1.97. The van der Waals surface area contributed by atoms with Gasteiger partial charge < -0.3 is 10.6 Å². The van der Waals surface area contributed by atoms with E-state index in [2.05, 4.69) is 27.1 Å². The summed E-state index contributed by atoms with van der Waals surface area (Å²) in [5, 5.41) is 10.5. The first-order chi connectivity index (χ1) is 8.58. The van der Waals surface area contributed by atoms with Crippen LogP contribution in [0.15, 0.2) is 0 Å². The minimum Gasteiger partial charge on any atom is -0.348 e. The van der Waals surface area contributed by atoms with Crippen LogP contribution in [0.2, 0.25) is 0 Å². The van der Waals surface area contributed by atoms with E-state index in [1.54, 1.807) is 0 Å². The standard InChI is InChI=1S/C12H20N4OS/c1-7(2)10-11(18-16-15-10)12(17)14-9-4-5-13-8(3)6-9/h7-9,13H,4-6H2,1-3H3,(H,14,17). The van der Waals surface area contributed by atoms with Gasteiger partial charge in [0.15, 0.2) is 0 Å². The van der Waals surface area contributed by atoms with Crippen LogP contribution in [-0.2, 0) is 0 Å². The van der Waals surface area contributed by atoms with Crippen molar-refractivity contribution in [3.63, 3.8) is 0 Å². The van der Waals surface area contributed by atoms with Gasteiger partial charge in [-0.3, -0.25) is 4.79 Å². The van der Waals surface area contributed by atoms with Gasteiger partial charge in [-0.1, -0.05) is 18.3 Å². The number of nitrogens with one attached hydrogen (secondary N) is 2. The molecule has 2 rings (SSSR count). The van der Waals surface area contributed by atoms with Gasteiger partial charge in [0.05, 0.1) is 5.69 Å². The molecular weight excluding hydrogens is 248 g/mol. The molecule has 0 aromatic carbocycles. The van der Waals surface area contributed by atoms with Gasteiger partial charge in [0.2, 0.25) is 0 Å². The molecule has 1 aliphatic rings. The average molecular weight is 268 g/mol. The summed E-state index contributed by atoms with van der Waals surface area (Å²) in [7, 11) is 0. The van der Waals surface area contributed by atoms with E-state index < -0.39 is 0 Å². The van der Waals surface area contributed by atoms with Crippen molar-refractivity contribution in [2.45, 2.75) is 51.6 Å². The molecule has 1 fully saturated rings. The molecule has 1 saturated heterocycles. The largest absolute Gasteiger partial charge is 0.348 e. The van der Waals surface area contributed by atoms with Gasteiger partial charge in [0, 0.05) is 12.1 Å². The highest BCUT2D eigenvalue weighted by molar-refractivity contribution is 7.08. The maximum atomic E-state index is 12.2. The summed E-state index contributed by atoms with van der Waals surface area (Å²) in [6, 6.07) is 0.726. The summed E-state index contributed by atoms with van der Waals surface area (Å²) < 4.78 is 3.89. The molecule has 1 aromatic heterocycles. The molecule has 1 aromatic rings. The fourth-order valence-electron chi connectivity index (χ4n) is 2.25. The quantitative estimate of drug-likeness (QED) is 0.872. The van der Waals surface area contributed by atoms with Crippen molar-refractivity contribution in [3.8, 4) is 0 Å². The Morgan fingerprint density at radius 2 is 2.33 bits per heavy atom. The molecule has 2 atom stereocenters. The van der Waals surface area contributed by atoms with Crippen molar-refractivity contribution in [1.82, 2.24) is 20.2 Å². The molecule has 0 aliphatic carbocycles. The SMILES string of the molecule is CC1CC(NC(=O)c2snnc2C(C)C)CCN1. The van der Waals surface area contributed by atoms with Gasteiger partial charge in [-0.2, -0.15) is 0 Å². The number of carbonyl (C=O) groups excluding carboxylic acids is 1. The van der Waals surface area contributed by atoms with Crippen molar-refractivity contribution in [2.24, 2.45) is 0 Å². The van der Waals surface area contributed by atoms with Crippen molar-refractivity contribution in [2.75, 3.05) is 6.54 Å². The first-order valence-electron chi connectivity index (χ1n) is 6.44. The summed E-state index contributed by atoms with van der Waals surface area (Å²) in [5.41, 5.74) is 0.805. The fourth-order valence-corrected chi connectivity index (χ4v) is 2.97. The summed E-state index contributed by atoms with van der Waals surface area (Å²) in [5.74, 6) is 0.212. The summed E-state index contributed by atoms with van der Waals surface area (Å²) in [4.78, 5) is 12.9. The predicted octanol–water partition coefficient (Wildman–Crippen LogP) is 1.53. The molecule has 1 amide bonds. The highest BCUT2D eigenvalue weighted by Gasteiger charge is 2.24. The molecule has 100 valence electrons. The Balaban J connectivity index is 2.01. The molecule has 2 unspecified atom stereocenters. The molecule has 0 bridgehead atoms. The molecule has 0 radical (unpaired) electrons. The number of rotatable bonds is 3. The Bertz CT molecular complexity index is 418. The van der Waals surface area contributed by atoms with Gasteiger partial charge in [-0.15, -0.1) is 5.10 Å². The molecule has 1 aliphatic heterocycles. The first-order valence-corrected chi connectivity index (χ1v) is 7.21. The Kier molecular flexibility index (Phi) is 4.29. The highest BCUT2D eigenvalue weighted by Crippen LogP contribution is 2.20. The lowest BCUT2D eigenvalue weighted by atomic mass is 10.0. The van der Waals surface area contributed by atoms with Crippen molar-refractivity contribution >= 4 is 17.4 Å². The highest BCUT2D eigenvalue weighted by atomic mass is 32.1. The number of hydrogen-bond acceptors (Lipinski definition) is 5. The minimum absolute atomic E-state index is 0.0206. The van der Waals surface area contributed by atoms with E-state index in [1.807, 2.05) is 13.8 Å². The lowest BCUT2D eigenvalue weighted by molar-refractivity contribution is 0.0928. The summed E-state index contributed by atoms with van der Waals surface area (Å²) in [6.45, 7) is 7.16. The van der Waals surface area contributed by atoms with Crippen LogP contribution in [0.5, 0.6) is 0 Å². The van der Waals surface area contributed by atoms with E-state index in [4.69, 9.17) is 0 Å². The number of aromatic nitrogens is 2. The van der Waals surface area contributed by atoms with Gasteiger partial charge in [0.1, 0.15) is 4.88 Å². The summed E-state index contributed by atoms with van der Waals surface area (Å²) >= 11 is 1.19. The molecular formula is C12H20N4OS. The second kappa shape index (κ2) is 5.75. The van der Waals surface area contributed by atoms with E-state index in [-0.39, 0.29) is 17.9 Å². The fraction of sp³-hybridized carbons (Fsp3) is 0.750. The lowest BCUT2D eigenvalue weighted by Gasteiger charge is -2.28. The zero-order chi connectivity index (χ0) is 13.1. The monoisotopic (exact) mass is 268 g/mol. The molecule has 5 nitrogen and oxygen atoms in total. The van der Waals surface area contributed by atoms with E-state index in [0.717, 1.165) is 25.1 Å². The Morgan fingerprint density at radius 3 is 3.00 bits per heavy atom. The number of amides is 1. The van der Waals surface area contributed by atoms with Crippen LogP contribution in [0.3, 0.4) is 0 Å². The van der Waals surface area contributed by atoms with Gasteiger partial charge >= 0.3 is 0 Å². The zero-order valence-electron chi connectivity index (χ0n) is 11.1.